The Kier molecular flexibility index (Phi) is 3.45. The van der Waals surface area contributed by atoms with Crippen molar-refractivity contribution < 1.29 is 4.79 Å². The van der Waals surface area contributed by atoms with E-state index in [1.807, 2.05) is 6.07 Å². The molecule has 2 nitrogen and oxygen atoms in total. The summed E-state index contributed by atoms with van der Waals surface area (Å²) in [6.45, 7) is 4.80. The molecule has 0 N–H and O–H groups in total. The van der Waals surface area contributed by atoms with Crippen LogP contribution in [0.25, 0.3) is 0 Å². The summed E-state index contributed by atoms with van der Waals surface area (Å²) in [5.41, 5.74) is 1.77. The second-order valence-corrected chi connectivity index (χ2v) is 6.37. The molecule has 17 heavy (non-hydrogen) atoms. The number of hydrogen-bond acceptors (Lipinski definition) is 1. The molecular formula is C12H12BrCl2NO. The lowest BCUT2D eigenvalue weighted by atomic mass is 9.87. The molecule has 0 saturated carbocycles. The molecule has 0 unspecified atom stereocenters. The molecule has 1 aromatic rings. The summed E-state index contributed by atoms with van der Waals surface area (Å²) in [6, 6.07) is 3.82. The van der Waals surface area contributed by atoms with Crippen LogP contribution in [0.2, 0.25) is 5.02 Å². The van der Waals surface area contributed by atoms with Crippen molar-refractivity contribution >= 4 is 50.7 Å². The van der Waals surface area contributed by atoms with Crippen LogP contribution in [0.1, 0.15) is 19.4 Å². The first-order valence-corrected chi connectivity index (χ1v) is 6.93. The lowest BCUT2D eigenvalue weighted by Gasteiger charge is -2.20. The summed E-state index contributed by atoms with van der Waals surface area (Å²) in [5.74, 6) is -0.134. The minimum Gasteiger partial charge on any atom is -0.309 e. The number of nitrogens with zero attached hydrogens (tertiary/aromatic N) is 1. The van der Waals surface area contributed by atoms with Crippen molar-refractivity contribution in [2.24, 2.45) is 0 Å². The summed E-state index contributed by atoms with van der Waals surface area (Å²) in [4.78, 5) is 13.5. The van der Waals surface area contributed by atoms with E-state index in [0.29, 0.717) is 11.6 Å². The molecular weight excluding hydrogens is 325 g/mol. The zero-order valence-electron chi connectivity index (χ0n) is 9.56. The molecule has 0 atom stereocenters. The van der Waals surface area contributed by atoms with Crippen molar-refractivity contribution in [2.75, 3.05) is 17.3 Å². The smallest absolute Gasteiger partial charge is 0.241 e. The Hall–Kier alpha value is -0.250. The summed E-state index contributed by atoms with van der Waals surface area (Å²) in [6.07, 6.45) is 0. The summed E-state index contributed by atoms with van der Waals surface area (Å²) in [7, 11) is 0. The summed E-state index contributed by atoms with van der Waals surface area (Å²) >= 11 is 15.3. The van der Waals surface area contributed by atoms with E-state index < -0.39 is 0 Å². The van der Waals surface area contributed by atoms with Gasteiger partial charge in [-0.25, -0.2) is 0 Å². The van der Waals surface area contributed by atoms with Gasteiger partial charge in [-0.05, 0) is 17.7 Å². The maximum absolute atomic E-state index is 11.8. The molecule has 5 heteroatoms. The van der Waals surface area contributed by atoms with Gasteiger partial charge < -0.3 is 4.90 Å². The van der Waals surface area contributed by atoms with Crippen molar-refractivity contribution in [1.29, 1.82) is 0 Å². The molecule has 1 amide bonds. The first-order chi connectivity index (χ1) is 7.86. The van der Waals surface area contributed by atoms with E-state index in [2.05, 4.69) is 29.8 Å². The highest BCUT2D eigenvalue weighted by Crippen LogP contribution is 2.46. The molecule has 1 aliphatic heterocycles. The van der Waals surface area contributed by atoms with Crippen LogP contribution in [0.5, 0.6) is 0 Å². The van der Waals surface area contributed by atoms with Crippen LogP contribution in [-0.2, 0) is 10.2 Å². The van der Waals surface area contributed by atoms with Crippen LogP contribution < -0.4 is 4.90 Å². The van der Waals surface area contributed by atoms with Crippen LogP contribution in [0.15, 0.2) is 16.6 Å². The fourth-order valence-electron chi connectivity index (χ4n) is 2.20. The number of fused-ring (bicyclic) bond motifs is 1. The number of rotatable bonds is 1. The molecule has 0 aliphatic carbocycles. The van der Waals surface area contributed by atoms with Gasteiger partial charge in [0.25, 0.3) is 0 Å². The van der Waals surface area contributed by atoms with Crippen molar-refractivity contribution in [2.45, 2.75) is 19.3 Å². The van der Waals surface area contributed by atoms with Crippen molar-refractivity contribution in [3.8, 4) is 0 Å². The predicted molar refractivity (Wildman–Crippen MR) is 75.3 cm³/mol. The zero-order valence-corrected chi connectivity index (χ0v) is 12.7. The van der Waals surface area contributed by atoms with E-state index in [0.717, 1.165) is 15.7 Å². The zero-order chi connectivity index (χ0) is 12.8. The van der Waals surface area contributed by atoms with Gasteiger partial charge in [0.05, 0.1) is 10.7 Å². The number of carbonyl (C=O) groups excluding carboxylic acids is 1. The van der Waals surface area contributed by atoms with Gasteiger partial charge in [0, 0.05) is 16.4 Å². The summed E-state index contributed by atoms with van der Waals surface area (Å²) < 4.78 is 0.925. The quantitative estimate of drug-likeness (QED) is 0.711. The Labute approximate surface area is 119 Å². The van der Waals surface area contributed by atoms with Gasteiger partial charge in [0.2, 0.25) is 5.91 Å². The molecule has 0 spiro atoms. The van der Waals surface area contributed by atoms with E-state index in [9.17, 15) is 4.79 Å². The number of amides is 1. The number of alkyl halides is 1. The van der Waals surface area contributed by atoms with Crippen molar-refractivity contribution in [1.82, 2.24) is 0 Å². The first kappa shape index (κ1) is 13.2. The fourth-order valence-corrected chi connectivity index (χ4v) is 3.26. The minimum absolute atomic E-state index is 0.0259. The van der Waals surface area contributed by atoms with Crippen LogP contribution >= 0.6 is 39.1 Å². The SMILES string of the molecule is CC1(C)CN(C(=O)CCl)c2c(Cl)cc(Br)cc21. The molecule has 0 aromatic heterocycles. The fraction of sp³-hybridized carbons (Fsp3) is 0.417. The van der Waals surface area contributed by atoms with Gasteiger partial charge in [-0.2, -0.15) is 0 Å². The number of hydrogen-bond donors (Lipinski definition) is 0. The van der Waals surface area contributed by atoms with Gasteiger partial charge >= 0.3 is 0 Å². The monoisotopic (exact) mass is 335 g/mol. The second-order valence-electron chi connectivity index (χ2n) is 4.78. The lowest BCUT2D eigenvalue weighted by molar-refractivity contribution is -0.116. The maximum atomic E-state index is 11.8. The molecule has 1 heterocycles. The van der Waals surface area contributed by atoms with Gasteiger partial charge in [-0.15, -0.1) is 11.6 Å². The molecule has 0 radical (unpaired) electrons. The molecule has 1 aliphatic rings. The minimum atomic E-state index is -0.109. The summed E-state index contributed by atoms with van der Waals surface area (Å²) in [5, 5.41) is 0.582. The molecule has 0 fully saturated rings. The Morgan fingerprint density at radius 1 is 1.53 bits per heavy atom. The average Bonchev–Trinajstić information content (AvgIpc) is 2.50. The third kappa shape index (κ3) is 2.20. The van der Waals surface area contributed by atoms with E-state index in [1.54, 1.807) is 11.0 Å². The van der Waals surface area contributed by atoms with Crippen LogP contribution in [-0.4, -0.2) is 18.3 Å². The third-order valence-electron chi connectivity index (χ3n) is 3.00. The standard InChI is InChI=1S/C12H12BrCl2NO/c1-12(2)6-16(10(17)5-14)11-8(12)3-7(13)4-9(11)15/h3-4H,5-6H2,1-2H3. The van der Waals surface area contributed by atoms with Crippen LogP contribution in [0.3, 0.4) is 0 Å². The molecule has 1 aromatic carbocycles. The predicted octanol–water partition coefficient (Wildman–Crippen LogP) is 3.97. The lowest BCUT2D eigenvalue weighted by Crippen LogP contribution is -2.34. The highest BCUT2D eigenvalue weighted by molar-refractivity contribution is 9.10. The third-order valence-corrected chi connectivity index (χ3v) is 3.97. The largest absolute Gasteiger partial charge is 0.309 e. The maximum Gasteiger partial charge on any atom is 0.241 e. The van der Waals surface area contributed by atoms with E-state index in [1.165, 1.54) is 0 Å². The molecule has 0 saturated heterocycles. The Morgan fingerprint density at radius 3 is 2.76 bits per heavy atom. The normalized spacial score (nSPS) is 17.1. The van der Waals surface area contributed by atoms with Crippen molar-refractivity contribution in [3.63, 3.8) is 0 Å². The van der Waals surface area contributed by atoms with Gasteiger partial charge in [0.1, 0.15) is 5.88 Å². The van der Waals surface area contributed by atoms with Gasteiger partial charge in [-0.1, -0.05) is 41.4 Å². The number of carbonyl (C=O) groups is 1. The van der Waals surface area contributed by atoms with E-state index >= 15 is 0 Å². The first-order valence-electron chi connectivity index (χ1n) is 5.22. The number of anilines is 1. The highest BCUT2D eigenvalue weighted by atomic mass is 79.9. The number of benzene rings is 1. The van der Waals surface area contributed by atoms with E-state index in [-0.39, 0.29) is 17.2 Å². The number of halogens is 3. The Balaban J connectivity index is 2.61. The van der Waals surface area contributed by atoms with Crippen molar-refractivity contribution in [3.05, 3.63) is 27.2 Å². The molecule has 92 valence electrons. The Bertz CT molecular complexity index is 488. The second kappa shape index (κ2) is 4.45. The van der Waals surface area contributed by atoms with E-state index in [4.69, 9.17) is 23.2 Å². The molecule has 2 rings (SSSR count). The van der Waals surface area contributed by atoms with Crippen LogP contribution in [0.4, 0.5) is 5.69 Å². The Morgan fingerprint density at radius 2 is 2.18 bits per heavy atom. The van der Waals surface area contributed by atoms with Gasteiger partial charge in [0.15, 0.2) is 0 Å². The topological polar surface area (TPSA) is 20.3 Å². The molecule has 0 bridgehead atoms. The van der Waals surface area contributed by atoms with Gasteiger partial charge in [-0.3, -0.25) is 4.79 Å². The highest BCUT2D eigenvalue weighted by Gasteiger charge is 2.39. The van der Waals surface area contributed by atoms with Crippen LogP contribution in [0, 0.1) is 0 Å². The average molecular weight is 337 g/mol.